The number of rotatable bonds is 5. The molecule has 0 aliphatic carbocycles. The zero-order valence-electron chi connectivity index (χ0n) is 14.3. The van der Waals surface area contributed by atoms with Gasteiger partial charge in [-0.25, -0.2) is 0 Å². The maximum atomic E-state index is 3.76. The molecule has 1 aromatic carbocycles. The molecule has 0 radical (unpaired) electrons. The van der Waals surface area contributed by atoms with Crippen LogP contribution in [0.15, 0.2) is 30.3 Å². The standard InChI is InChI=1S/C19H32N2/c1-14(2)18-13-21(19(12-20-18)15(3)4)16(5)11-17-9-7-6-8-10-17/h6-10,14-16,18-20H,11-13H2,1-5H3. The first-order chi connectivity index (χ1) is 9.99. The van der Waals surface area contributed by atoms with E-state index in [0.29, 0.717) is 30.0 Å². The highest BCUT2D eigenvalue weighted by molar-refractivity contribution is 5.16. The smallest absolute Gasteiger partial charge is 0.0247 e. The largest absolute Gasteiger partial charge is 0.311 e. The fourth-order valence-electron chi connectivity index (χ4n) is 3.46. The van der Waals surface area contributed by atoms with Gasteiger partial charge in [-0.2, -0.15) is 0 Å². The lowest BCUT2D eigenvalue weighted by Gasteiger charge is -2.46. The average molecular weight is 288 g/mol. The molecule has 1 aliphatic heterocycles. The molecule has 2 heteroatoms. The minimum atomic E-state index is 0.600. The van der Waals surface area contributed by atoms with Crippen molar-refractivity contribution in [3.8, 4) is 0 Å². The second-order valence-electron chi connectivity index (χ2n) is 7.31. The Labute approximate surface area is 130 Å². The lowest BCUT2D eigenvalue weighted by Crippen LogP contribution is -2.62. The molecule has 118 valence electrons. The first-order valence-corrected chi connectivity index (χ1v) is 8.52. The molecule has 0 amide bonds. The Kier molecular flexibility index (Phi) is 5.83. The topological polar surface area (TPSA) is 15.3 Å². The van der Waals surface area contributed by atoms with E-state index in [0.717, 1.165) is 13.0 Å². The van der Waals surface area contributed by atoms with Crippen LogP contribution in [0, 0.1) is 11.8 Å². The molecule has 1 aromatic rings. The van der Waals surface area contributed by atoms with Gasteiger partial charge in [0.1, 0.15) is 0 Å². The van der Waals surface area contributed by atoms with Crippen molar-refractivity contribution >= 4 is 0 Å². The molecule has 0 saturated carbocycles. The van der Waals surface area contributed by atoms with Crippen LogP contribution in [0.2, 0.25) is 0 Å². The van der Waals surface area contributed by atoms with Crippen LogP contribution in [0.1, 0.15) is 40.2 Å². The maximum absolute atomic E-state index is 3.76. The third-order valence-corrected chi connectivity index (χ3v) is 4.94. The number of hydrogen-bond acceptors (Lipinski definition) is 2. The summed E-state index contributed by atoms with van der Waals surface area (Å²) in [5, 5.41) is 3.76. The first kappa shape index (κ1) is 16.5. The summed E-state index contributed by atoms with van der Waals surface area (Å²) in [5.41, 5.74) is 1.45. The monoisotopic (exact) mass is 288 g/mol. The van der Waals surface area contributed by atoms with Crippen LogP contribution >= 0.6 is 0 Å². The van der Waals surface area contributed by atoms with Crippen LogP contribution in [-0.4, -0.2) is 36.1 Å². The number of benzene rings is 1. The fraction of sp³-hybridized carbons (Fsp3) is 0.684. The minimum Gasteiger partial charge on any atom is -0.311 e. The molecule has 2 rings (SSSR count). The predicted octanol–water partition coefficient (Wildman–Crippen LogP) is 3.57. The summed E-state index contributed by atoms with van der Waals surface area (Å²) in [7, 11) is 0. The number of nitrogens with one attached hydrogen (secondary N) is 1. The summed E-state index contributed by atoms with van der Waals surface area (Å²) in [5.74, 6) is 1.40. The van der Waals surface area contributed by atoms with E-state index in [9.17, 15) is 0 Å². The lowest BCUT2D eigenvalue weighted by atomic mass is 9.91. The SMILES string of the molecule is CC(C)C1CN(C(C)Cc2ccccc2)C(C(C)C)CN1. The van der Waals surface area contributed by atoms with Crippen LogP contribution in [0.5, 0.6) is 0 Å². The molecular formula is C19H32N2. The van der Waals surface area contributed by atoms with Gasteiger partial charge in [-0.15, -0.1) is 0 Å². The third-order valence-electron chi connectivity index (χ3n) is 4.94. The van der Waals surface area contributed by atoms with Crippen molar-refractivity contribution in [3.05, 3.63) is 35.9 Å². The minimum absolute atomic E-state index is 0.600. The van der Waals surface area contributed by atoms with Crippen LogP contribution in [0.4, 0.5) is 0 Å². The maximum Gasteiger partial charge on any atom is 0.0247 e. The molecule has 1 aliphatic rings. The van der Waals surface area contributed by atoms with E-state index in [-0.39, 0.29) is 0 Å². The van der Waals surface area contributed by atoms with Gasteiger partial charge in [-0.3, -0.25) is 4.90 Å². The van der Waals surface area contributed by atoms with Gasteiger partial charge in [0.15, 0.2) is 0 Å². The first-order valence-electron chi connectivity index (χ1n) is 8.52. The number of hydrogen-bond donors (Lipinski definition) is 1. The second-order valence-corrected chi connectivity index (χ2v) is 7.31. The Morgan fingerprint density at radius 2 is 1.71 bits per heavy atom. The number of piperazine rings is 1. The molecule has 3 unspecified atom stereocenters. The Hall–Kier alpha value is -0.860. The molecule has 2 nitrogen and oxygen atoms in total. The van der Waals surface area contributed by atoms with E-state index in [2.05, 4.69) is 75.2 Å². The average Bonchev–Trinajstić information content (AvgIpc) is 2.47. The van der Waals surface area contributed by atoms with Gasteiger partial charge < -0.3 is 5.32 Å². The van der Waals surface area contributed by atoms with Crippen molar-refractivity contribution in [3.63, 3.8) is 0 Å². The van der Waals surface area contributed by atoms with Crippen LogP contribution in [0.25, 0.3) is 0 Å². The van der Waals surface area contributed by atoms with Crippen molar-refractivity contribution in [2.75, 3.05) is 13.1 Å². The normalized spacial score (nSPS) is 25.5. The summed E-state index contributed by atoms with van der Waals surface area (Å²) in [6.07, 6.45) is 1.15. The molecule has 0 spiro atoms. The van der Waals surface area contributed by atoms with Crippen molar-refractivity contribution in [2.24, 2.45) is 11.8 Å². The highest BCUT2D eigenvalue weighted by Crippen LogP contribution is 2.22. The molecular weight excluding hydrogens is 256 g/mol. The highest BCUT2D eigenvalue weighted by atomic mass is 15.3. The lowest BCUT2D eigenvalue weighted by molar-refractivity contribution is 0.0518. The Morgan fingerprint density at radius 3 is 2.29 bits per heavy atom. The van der Waals surface area contributed by atoms with Gasteiger partial charge in [0.2, 0.25) is 0 Å². The van der Waals surface area contributed by atoms with E-state index in [1.807, 2.05) is 0 Å². The van der Waals surface area contributed by atoms with Gasteiger partial charge in [-0.05, 0) is 30.7 Å². The molecule has 0 aromatic heterocycles. The van der Waals surface area contributed by atoms with E-state index in [1.54, 1.807) is 0 Å². The zero-order chi connectivity index (χ0) is 15.4. The quantitative estimate of drug-likeness (QED) is 0.891. The van der Waals surface area contributed by atoms with Gasteiger partial charge in [0, 0.05) is 31.2 Å². The zero-order valence-corrected chi connectivity index (χ0v) is 14.3. The molecule has 0 bridgehead atoms. The number of nitrogens with zero attached hydrogens (tertiary/aromatic N) is 1. The van der Waals surface area contributed by atoms with E-state index < -0.39 is 0 Å². The summed E-state index contributed by atoms with van der Waals surface area (Å²) >= 11 is 0. The Morgan fingerprint density at radius 1 is 1.05 bits per heavy atom. The summed E-state index contributed by atoms with van der Waals surface area (Å²) in [4.78, 5) is 2.75. The van der Waals surface area contributed by atoms with Gasteiger partial charge in [0.25, 0.3) is 0 Å². The third kappa shape index (κ3) is 4.31. The van der Waals surface area contributed by atoms with Gasteiger partial charge in [-0.1, -0.05) is 58.0 Å². The van der Waals surface area contributed by atoms with Crippen molar-refractivity contribution in [2.45, 2.75) is 59.2 Å². The van der Waals surface area contributed by atoms with Crippen LogP contribution in [-0.2, 0) is 6.42 Å². The molecule has 1 heterocycles. The van der Waals surface area contributed by atoms with Gasteiger partial charge in [0.05, 0.1) is 0 Å². The molecule has 1 fully saturated rings. The van der Waals surface area contributed by atoms with Crippen molar-refractivity contribution in [1.82, 2.24) is 10.2 Å². The van der Waals surface area contributed by atoms with E-state index >= 15 is 0 Å². The van der Waals surface area contributed by atoms with Crippen LogP contribution in [0.3, 0.4) is 0 Å². The fourth-order valence-corrected chi connectivity index (χ4v) is 3.46. The summed E-state index contributed by atoms with van der Waals surface area (Å²) < 4.78 is 0. The molecule has 21 heavy (non-hydrogen) atoms. The van der Waals surface area contributed by atoms with Crippen molar-refractivity contribution in [1.29, 1.82) is 0 Å². The van der Waals surface area contributed by atoms with Crippen LogP contribution < -0.4 is 5.32 Å². The Balaban J connectivity index is 2.07. The summed E-state index contributed by atoms with van der Waals surface area (Å²) in [6.45, 7) is 14.1. The molecule has 3 atom stereocenters. The molecule has 1 N–H and O–H groups in total. The van der Waals surface area contributed by atoms with Crippen molar-refractivity contribution < 1.29 is 0 Å². The predicted molar refractivity (Wildman–Crippen MR) is 91.6 cm³/mol. The second kappa shape index (κ2) is 7.42. The van der Waals surface area contributed by atoms with E-state index in [1.165, 1.54) is 12.1 Å². The Bertz CT molecular complexity index is 413. The van der Waals surface area contributed by atoms with E-state index in [4.69, 9.17) is 0 Å². The van der Waals surface area contributed by atoms with Gasteiger partial charge >= 0.3 is 0 Å². The molecule has 1 saturated heterocycles. The summed E-state index contributed by atoms with van der Waals surface area (Å²) in [6, 6.07) is 12.8. The highest BCUT2D eigenvalue weighted by Gasteiger charge is 2.33.